The van der Waals surface area contributed by atoms with Crippen molar-refractivity contribution in [3.8, 4) is 0 Å². The average Bonchev–Trinajstić information content (AvgIpc) is 2.58. The number of thiophene rings is 1. The van der Waals surface area contributed by atoms with E-state index in [0.717, 1.165) is 4.47 Å². The lowest BCUT2D eigenvalue weighted by Gasteiger charge is -2.22. The molecule has 3 nitrogen and oxygen atoms in total. The molecule has 0 aliphatic heterocycles. The van der Waals surface area contributed by atoms with Crippen molar-refractivity contribution in [2.45, 2.75) is 33.3 Å². The van der Waals surface area contributed by atoms with Crippen LogP contribution in [-0.2, 0) is 0 Å². The van der Waals surface area contributed by atoms with Gasteiger partial charge in [0.05, 0.1) is 6.10 Å². The molecule has 1 unspecified atom stereocenters. The monoisotopic (exact) mass is 319 g/mol. The molecule has 96 valence electrons. The standard InChI is InChI=1S/C12H18BrNO2S/c1-12(2,3)6-8(15)7-14-11(16)10-9(13)4-5-17-10/h4-5,8,15H,6-7H2,1-3H3,(H,14,16). The first-order chi connectivity index (χ1) is 7.79. The zero-order chi connectivity index (χ0) is 13.1. The van der Waals surface area contributed by atoms with Crippen molar-refractivity contribution < 1.29 is 9.90 Å². The van der Waals surface area contributed by atoms with Crippen molar-refractivity contribution in [1.82, 2.24) is 5.32 Å². The molecule has 17 heavy (non-hydrogen) atoms. The maximum atomic E-state index is 11.8. The summed E-state index contributed by atoms with van der Waals surface area (Å²) in [4.78, 5) is 12.4. The van der Waals surface area contributed by atoms with Crippen LogP contribution in [0.15, 0.2) is 15.9 Å². The number of carbonyl (C=O) groups excluding carboxylic acids is 1. The Labute approximate surface area is 114 Å². The van der Waals surface area contributed by atoms with E-state index in [1.54, 1.807) is 0 Å². The molecule has 0 aliphatic carbocycles. The molecule has 0 fully saturated rings. The molecule has 1 aromatic rings. The summed E-state index contributed by atoms with van der Waals surface area (Å²) < 4.78 is 0.797. The summed E-state index contributed by atoms with van der Waals surface area (Å²) in [7, 11) is 0. The van der Waals surface area contributed by atoms with Crippen LogP contribution < -0.4 is 5.32 Å². The van der Waals surface area contributed by atoms with Gasteiger partial charge in [0.2, 0.25) is 0 Å². The number of halogens is 1. The van der Waals surface area contributed by atoms with E-state index in [2.05, 4.69) is 42.0 Å². The molecule has 0 spiro atoms. The number of nitrogens with one attached hydrogen (secondary N) is 1. The molecular formula is C12H18BrNO2S. The first-order valence-electron chi connectivity index (χ1n) is 5.49. The molecule has 1 atom stereocenters. The third kappa shape index (κ3) is 5.19. The summed E-state index contributed by atoms with van der Waals surface area (Å²) in [5.41, 5.74) is 0.0632. The first-order valence-corrected chi connectivity index (χ1v) is 7.16. The number of aliphatic hydroxyl groups is 1. The fourth-order valence-electron chi connectivity index (χ4n) is 1.53. The van der Waals surface area contributed by atoms with Gasteiger partial charge in [-0.3, -0.25) is 4.79 Å². The Morgan fingerprint density at radius 3 is 2.71 bits per heavy atom. The second-order valence-electron chi connectivity index (χ2n) is 5.23. The normalized spacial score (nSPS) is 13.5. The molecule has 1 heterocycles. The van der Waals surface area contributed by atoms with Crippen molar-refractivity contribution in [3.63, 3.8) is 0 Å². The third-order valence-corrected chi connectivity index (χ3v) is 4.01. The summed E-state index contributed by atoms with van der Waals surface area (Å²) in [5.74, 6) is -0.139. The zero-order valence-electron chi connectivity index (χ0n) is 10.3. The van der Waals surface area contributed by atoms with E-state index < -0.39 is 6.10 Å². The predicted octanol–water partition coefficient (Wildman–Crippen LogP) is 3.04. The molecule has 5 heteroatoms. The summed E-state index contributed by atoms with van der Waals surface area (Å²) in [6, 6.07) is 1.84. The minimum atomic E-state index is -0.502. The number of rotatable bonds is 4. The van der Waals surface area contributed by atoms with Crippen LogP contribution in [0.25, 0.3) is 0 Å². The molecule has 0 saturated heterocycles. The lowest BCUT2D eigenvalue weighted by Crippen LogP contribution is -2.33. The predicted molar refractivity (Wildman–Crippen MR) is 74.4 cm³/mol. The fraction of sp³-hybridized carbons (Fsp3) is 0.583. The zero-order valence-corrected chi connectivity index (χ0v) is 12.7. The smallest absolute Gasteiger partial charge is 0.262 e. The van der Waals surface area contributed by atoms with Crippen molar-refractivity contribution >= 4 is 33.2 Å². The average molecular weight is 320 g/mol. The van der Waals surface area contributed by atoms with Crippen LogP contribution >= 0.6 is 27.3 Å². The molecule has 1 aromatic heterocycles. The highest BCUT2D eigenvalue weighted by molar-refractivity contribution is 9.10. The Bertz CT molecular complexity index is 384. The first kappa shape index (κ1) is 14.7. The maximum absolute atomic E-state index is 11.8. The Hall–Kier alpha value is -0.390. The van der Waals surface area contributed by atoms with Crippen LogP contribution in [0.2, 0.25) is 0 Å². The van der Waals surface area contributed by atoms with Gasteiger partial charge in [-0.15, -0.1) is 11.3 Å². The quantitative estimate of drug-likeness (QED) is 0.896. The van der Waals surface area contributed by atoms with E-state index in [1.165, 1.54) is 11.3 Å². The molecular weight excluding hydrogens is 302 g/mol. The van der Waals surface area contributed by atoms with Gasteiger partial charge < -0.3 is 10.4 Å². The lowest BCUT2D eigenvalue weighted by molar-refractivity contribution is 0.0871. The summed E-state index contributed by atoms with van der Waals surface area (Å²) in [6.07, 6.45) is 0.163. The number of hydrogen-bond acceptors (Lipinski definition) is 3. The van der Waals surface area contributed by atoms with Crippen molar-refractivity contribution in [2.75, 3.05) is 6.54 Å². The van der Waals surface area contributed by atoms with Crippen LogP contribution in [0, 0.1) is 5.41 Å². The van der Waals surface area contributed by atoms with Crippen LogP contribution in [0.1, 0.15) is 36.9 Å². The molecule has 2 N–H and O–H groups in total. The van der Waals surface area contributed by atoms with E-state index in [4.69, 9.17) is 0 Å². The van der Waals surface area contributed by atoms with Gasteiger partial charge >= 0.3 is 0 Å². The maximum Gasteiger partial charge on any atom is 0.262 e. The van der Waals surface area contributed by atoms with Crippen LogP contribution in [0.3, 0.4) is 0 Å². The minimum Gasteiger partial charge on any atom is -0.391 e. The highest BCUT2D eigenvalue weighted by atomic mass is 79.9. The SMILES string of the molecule is CC(C)(C)CC(O)CNC(=O)c1sccc1Br. The molecule has 0 bridgehead atoms. The third-order valence-electron chi connectivity index (χ3n) is 2.17. The van der Waals surface area contributed by atoms with Gasteiger partial charge in [-0.2, -0.15) is 0 Å². The largest absolute Gasteiger partial charge is 0.391 e. The van der Waals surface area contributed by atoms with Gasteiger partial charge in [0, 0.05) is 11.0 Å². The van der Waals surface area contributed by atoms with Gasteiger partial charge in [-0.25, -0.2) is 0 Å². The van der Waals surface area contributed by atoms with E-state index in [-0.39, 0.29) is 11.3 Å². The Morgan fingerprint density at radius 1 is 1.59 bits per heavy atom. The summed E-state index contributed by atoms with van der Waals surface area (Å²) in [6.45, 7) is 6.48. The molecule has 0 aliphatic rings. The Balaban J connectivity index is 2.42. The van der Waals surface area contributed by atoms with Crippen molar-refractivity contribution in [2.24, 2.45) is 5.41 Å². The molecule has 0 saturated carbocycles. The number of hydrogen-bond donors (Lipinski definition) is 2. The highest BCUT2D eigenvalue weighted by Crippen LogP contribution is 2.23. The van der Waals surface area contributed by atoms with Crippen LogP contribution in [0.5, 0.6) is 0 Å². The second kappa shape index (κ2) is 5.98. The van der Waals surface area contributed by atoms with E-state index in [1.807, 2.05) is 11.4 Å². The van der Waals surface area contributed by atoms with Gasteiger partial charge in [-0.1, -0.05) is 20.8 Å². The fourth-order valence-corrected chi connectivity index (χ4v) is 2.99. The van der Waals surface area contributed by atoms with Gasteiger partial charge in [-0.05, 0) is 39.2 Å². The molecule has 1 amide bonds. The lowest BCUT2D eigenvalue weighted by atomic mass is 9.89. The van der Waals surface area contributed by atoms with Gasteiger partial charge in [0.1, 0.15) is 4.88 Å². The van der Waals surface area contributed by atoms with Gasteiger partial charge in [0.15, 0.2) is 0 Å². The molecule has 1 rings (SSSR count). The minimum absolute atomic E-state index is 0.0632. The second-order valence-corrected chi connectivity index (χ2v) is 7.00. The van der Waals surface area contributed by atoms with E-state index >= 15 is 0 Å². The van der Waals surface area contributed by atoms with Crippen molar-refractivity contribution in [3.05, 3.63) is 20.8 Å². The Morgan fingerprint density at radius 2 is 2.24 bits per heavy atom. The topological polar surface area (TPSA) is 49.3 Å². The van der Waals surface area contributed by atoms with E-state index in [9.17, 15) is 9.90 Å². The van der Waals surface area contributed by atoms with E-state index in [0.29, 0.717) is 17.8 Å². The van der Waals surface area contributed by atoms with Crippen molar-refractivity contribution in [1.29, 1.82) is 0 Å². The Kier molecular flexibility index (Phi) is 5.16. The van der Waals surface area contributed by atoms with Gasteiger partial charge in [0.25, 0.3) is 5.91 Å². The molecule has 0 radical (unpaired) electrons. The highest BCUT2D eigenvalue weighted by Gasteiger charge is 2.18. The summed E-state index contributed by atoms with van der Waals surface area (Å²) in [5, 5.41) is 14.4. The molecule has 0 aromatic carbocycles. The number of amides is 1. The number of carbonyl (C=O) groups is 1. The van der Waals surface area contributed by atoms with Crippen LogP contribution in [0.4, 0.5) is 0 Å². The number of aliphatic hydroxyl groups excluding tert-OH is 1. The summed E-state index contributed by atoms with van der Waals surface area (Å²) >= 11 is 4.69. The van der Waals surface area contributed by atoms with Crippen LogP contribution in [-0.4, -0.2) is 23.7 Å².